The number of fused-ring (bicyclic) bond motifs is 1. The number of anilines is 1. The zero-order valence-electron chi connectivity index (χ0n) is 15.5. The quantitative estimate of drug-likeness (QED) is 0.704. The summed E-state index contributed by atoms with van der Waals surface area (Å²) in [5.74, 6) is -0.338. The van der Waals surface area contributed by atoms with Crippen LogP contribution < -0.4 is 10.3 Å². The van der Waals surface area contributed by atoms with Crippen LogP contribution in [0.3, 0.4) is 0 Å². The largest absolute Gasteiger partial charge is 0.307 e. The molecule has 0 spiro atoms. The highest BCUT2D eigenvalue weighted by Gasteiger charge is 2.27. The maximum atomic E-state index is 13.2. The van der Waals surface area contributed by atoms with Crippen LogP contribution in [0.1, 0.15) is 33.7 Å². The van der Waals surface area contributed by atoms with Crippen molar-refractivity contribution < 1.29 is 4.79 Å². The van der Waals surface area contributed by atoms with Crippen LogP contribution in [-0.4, -0.2) is 22.2 Å². The summed E-state index contributed by atoms with van der Waals surface area (Å²) in [4.78, 5) is 27.5. The number of rotatable bonds is 2. The predicted molar refractivity (Wildman–Crippen MR) is 106 cm³/mol. The van der Waals surface area contributed by atoms with E-state index in [2.05, 4.69) is 11.2 Å². The monoisotopic (exact) mass is 359 g/mol. The third kappa shape index (κ3) is 3.16. The van der Waals surface area contributed by atoms with Crippen LogP contribution in [0.15, 0.2) is 59.4 Å². The third-order valence-corrected chi connectivity index (χ3v) is 4.91. The molecule has 27 heavy (non-hydrogen) atoms. The molecular formula is C22H21N3O2. The summed E-state index contributed by atoms with van der Waals surface area (Å²) in [5, 5.41) is 4.42. The molecule has 0 radical (unpaired) electrons. The number of aromatic nitrogens is 2. The number of para-hydroxylation sites is 1. The summed E-state index contributed by atoms with van der Waals surface area (Å²) in [6, 6.07) is 17.1. The Morgan fingerprint density at radius 2 is 1.81 bits per heavy atom. The molecule has 0 fully saturated rings. The first-order valence-electron chi connectivity index (χ1n) is 9.12. The molecule has 4 rings (SSSR count). The number of carbonyl (C=O) groups is 1. The van der Waals surface area contributed by atoms with Crippen molar-refractivity contribution >= 4 is 11.6 Å². The Bertz CT molecular complexity index is 1070. The molecule has 0 saturated carbocycles. The second-order valence-electron chi connectivity index (χ2n) is 6.94. The van der Waals surface area contributed by atoms with Gasteiger partial charge >= 0.3 is 0 Å². The molecule has 0 atom stereocenters. The van der Waals surface area contributed by atoms with Crippen LogP contribution in [-0.2, 0) is 6.42 Å². The van der Waals surface area contributed by atoms with Crippen molar-refractivity contribution in [3.05, 3.63) is 87.3 Å². The first-order valence-corrected chi connectivity index (χ1v) is 9.12. The van der Waals surface area contributed by atoms with Crippen molar-refractivity contribution in [2.45, 2.75) is 26.7 Å². The Hall–Kier alpha value is -3.21. The summed E-state index contributed by atoms with van der Waals surface area (Å²) in [7, 11) is 0. The van der Waals surface area contributed by atoms with Gasteiger partial charge in [0.2, 0.25) is 5.43 Å². The van der Waals surface area contributed by atoms with Gasteiger partial charge in [0, 0.05) is 24.0 Å². The normalized spacial score (nSPS) is 13.3. The lowest BCUT2D eigenvalue weighted by molar-refractivity contribution is 0.0977. The summed E-state index contributed by atoms with van der Waals surface area (Å²) in [6.45, 7) is 4.45. The second-order valence-corrected chi connectivity index (χ2v) is 6.94. The minimum absolute atomic E-state index is 0.0436. The van der Waals surface area contributed by atoms with E-state index in [4.69, 9.17) is 0 Å². The Morgan fingerprint density at radius 3 is 2.59 bits per heavy atom. The lowest BCUT2D eigenvalue weighted by atomic mass is 9.99. The molecular weight excluding hydrogens is 338 g/mol. The molecule has 1 aliphatic heterocycles. The molecule has 5 heteroatoms. The zero-order chi connectivity index (χ0) is 19.0. The van der Waals surface area contributed by atoms with Crippen molar-refractivity contribution in [2.75, 3.05) is 11.4 Å². The number of hydrogen-bond acceptors (Lipinski definition) is 3. The summed E-state index contributed by atoms with van der Waals surface area (Å²) in [5.41, 5.74) is 4.32. The van der Waals surface area contributed by atoms with E-state index in [0.717, 1.165) is 29.8 Å². The van der Waals surface area contributed by atoms with Gasteiger partial charge in [0.1, 0.15) is 0 Å². The predicted octanol–water partition coefficient (Wildman–Crippen LogP) is 3.44. The minimum atomic E-state index is -0.344. The number of benzene rings is 2. The Morgan fingerprint density at radius 1 is 1.04 bits per heavy atom. The molecule has 1 aromatic heterocycles. The molecule has 3 aromatic rings. The van der Waals surface area contributed by atoms with Crippen LogP contribution in [0.4, 0.5) is 5.69 Å². The molecule has 0 aliphatic carbocycles. The van der Waals surface area contributed by atoms with Crippen LogP contribution in [0.2, 0.25) is 0 Å². The second kappa shape index (κ2) is 6.83. The van der Waals surface area contributed by atoms with E-state index < -0.39 is 0 Å². The lowest BCUT2D eigenvalue weighted by Gasteiger charge is -2.29. The van der Waals surface area contributed by atoms with Crippen molar-refractivity contribution in [1.82, 2.24) is 9.78 Å². The average molecular weight is 359 g/mol. The molecule has 1 amide bonds. The first kappa shape index (κ1) is 17.2. The highest BCUT2D eigenvalue weighted by Crippen LogP contribution is 2.28. The fourth-order valence-corrected chi connectivity index (χ4v) is 3.59. The van der Waals surface area contributed by atoms with E-state index in [9.17, 15) is 9.59 Å². The fourth-order valence-electron chi connectivity index (χ4n) is 3.59. The highest BCUT2D eigenvalue weighted by atomic mass is 16.2. The average Bonchev–Trinajstić information content (AvgIpc) is 2.67. The number of aryl methyl sites for hydroxylation is 3. The number of nitrogens with zero attached hydrogens (tertiary/aromatic N) is 3. The molecule has 2 heterocycles. The van der Waals surface area contributed by atoms with Crippen LogP contribution in [0.25, 0.3) is 5.69 Å². The molecule has 0 N–H and O–H groups in total. The van der Waals surface area contributed by atoms with E-state index >= 15 is 0 Å². The van der Waals surface area contributed by atoms with Crippen molar-refractivity contribution in [1.29, 1.82) is 0 Å². The Kier molecular flexibility index (Phi) is 4.36. The van der Waals surface area contributed by atoms with Gasteiger partial charge in [-0.15, -0.1) is 0 Å². The Labute approximate surface area is 157 Å². The topological polar surface area (TPSA) is 55.2 Å². The molecule has 0 bridgehead atoms. The summed E-state index contributed by atoms with van der Waals surface area (Å²) >= 11 is 0. The SMILES string of the molecule is Cc1ccc2c(c1)CCCN2C(=O)c1nn(-c2ccccc2)c(C)cc1=O. The van der Waals surface area contributed by atoms with Gasteiger partial charge in [-0.25, -0.2) is 4.68 Å². The van der Waals surface area contributed by atoms with Gasteiger partial charge in [-0.2, -0.15) is 5.10 Å². The van der Waals surface area contributed by atoms with E-state index in [1.807, 2.05) is 56.3 Å². The zero-order valence-corrected chi connectivity index (χ0v) is 15.5. The summed E-state index contributed by atoms with van der Waals surface area (Å²) < 4.78 is 1.65. The van der Waals surface area contributed by atoms with Crippen molar-refractivity contribution in [3.8, 4) is 5.69 Å². The van der Waals surface area contributed by atoms with Crippen LogP contribution in [0.5, 0.6) is 0 Å². The number of carbonyl (C=O) groups excluding carboxylic acids is 1. The van der Waals surface area contributed by atoms with E-state index in [1.54, 1.807) is 9.58 Å². The van der Waals surface area contributed by atoms with Crippen molar-refractivity contribution in [3.63, 3.8) is 0 Å². The number of hydrogen-bond donors (Lipinski definition) is 0. The Balaban J connectivity index is 1.79. The van der Waals surface area contributed by atoms with Crippen molar-refractivity contribution in [2.24, 2.45) is 0 Å². The number of amides is 1. The smallest absolute Gasteiger partial charge is 0.282 e. The van der Waals surface area contributed by atoms with Crippen LogP contribution in [0, 0.1) is 13.8 Å². The molecule has 0 unspecified atom stereocenters. The van der Waals surface area contributed by atoms with Gasteiger partial charge < -0.3 is 4.90 Å². The van der Waals surface area contributed by atoms with Gasteiger partial charge in [0.05, 0.1) is 5.69 Å². The third-order valence-electron chi connectivity index (χ3n) is 4.91. The minimum Gasteiger partial charge on any atom is -0.307 e. The maximum absolute atomic E-state index is 13.2. The highest BCUT2D eigenvalue weighted by molar-refractivity contribution is 6.05. The van der Waals surface area contributed by atoms with Crippen LogP contribution >= 0.6 is 0 Å². The molecule has 2 aromatic carbocycles. The summed E-state index contributed by atoms with van der Waals surface area (Å²) in [6.07, 6.45) is 1.82. The van der Waals surface area contributed by atoms with Gasteiger partial charge in [-0.1, -0.05) is 35.9 Å². The van der Waals surface area contributed by atoms with Gasteiger partial charge in [-0.3, -0.25) is 9.59 Å². The molecule has 1 aliphatic rings. The van der Waals surface area contributed by atoms with Gasteiger partial charge in [-0.05, 0) is 50.5 Å². The molecule has 0 saturated heterocycles. The lowest BCUT2D eigenvalue weighted by Crippen LogP contribution is -2.39. The van der Waals surface area contributed by atoms with E-state index in [0.29, 0.717) is 12.2 Å². The van der Waals surface area contributed by atoms with Gasteiger partial charge in [0.15, 0.2) is 5.69 Å². The fraction of sp³-hybridized carbons (Fsp3) is 0.227. The van der Waals surface area contributed by atoms with E-state index in [-0.39, 0.29) is 17.0 Å². The van der Waals surface area contributed by atoms with Gasteiger partial charge in [0.25, 0.3) is 5.91 Å². The molecule has 136 valence electrons. The first-order chi connectivity index (χ1) is 13.0. The maximum Gasteiger partial charge on any atom is 0.282 e. The standard InChI is InChI=1S/C22H21N3O2/c1-15-10-11-19-17(13-15)7-6-12-24(19)22(27)21-20(26)14-16(2)25(23-21)18-8-4-3-5-9-18/h3-5,8-11,13-14H,6-7,12H2,1-2H3. The van der Waals surface area contributed by atoms with E-state index in [1.165, 1.54) is 11.6 Å². The molecule has 5 nitrogen and oxygen atoms in total.